The molecule has 1 amide bonds. The third kappa shape index (κ3) is 2.64. The third-order valence-corrected chi connectivity index (χ3v) is 3.71. The summed E-state index contributed by atoms with van der Waals surface area (Å²) in [5.41, 5.74) is 1.10. The molecule has 0 bridgehead atoms. The van der Waals surface area contributed by atoms with E-state index in [1.807, 2.05) is 0 Å². The van der Waals surface area contributed by atoms with Gasteiger partial charge in [-0.1, -0.05) is 0 Å². The molecule has 1 aromatic carbocycles. The number of carbonyl (C=O) groups is 1. The predicted octanol–water partition coefficient (Wildman–Crippen LogP) is 1.99. The molecular weight excluding hydrogens is 284 g/mol. The summed E-state index contributed by atoms with van der Waals surface area (Å²) in [6, 6.07) is 3.49. The molecule has 1 heterocycles. The molecule has 6 heteroatoms. The van der Waals surface area contributed by atoms with E-state index < -0.39 is 0 Å². The van der Waals surface area contributed by atoms with Crippen LogP contribution in [0, 0.1) is 5.92 Å². The summed E-state index contributed by atoms with van der Waals surface area (Å²) in [5.74, 6) is 2.73. The number of hydrogen-bond donors (Lipinski definition) is 1. The maximum absolute atomic E-state index is 12.0. The van der Waals surface area contributed by atoms with Crippen molar-refractivity contribution in [3.63, 3.8) is 0 Å². The molecule has 1 N–H and O–H groups in total. The van der Waals surface area contributed by atoms with Crippen LogP contribution in [0.25, 0.3) is 6.08 Å². The molecule has 1 aliphatic heterocycles. The lowest BCUT2D eigenvalue weighted by atomic mass is 10.1. The predicted molar refractivity (Wildman–Crippen MR) is 82.4 cm³/mol. The second-order valence-corrected chi connectivity index (χ2v) is 5.20. The number of methoxy groups -OCH3 is 3. The van der Waals surface area contributed by atoms with Gasteiger partial charge in [0.05, 0.1) is 21.3 Å². The van der Waals surface area contributed by atoms with Gasteiger partial charge in [0.25, 0.3) is 5.91 Å². The first-order chi connectivity index (χ1) is 10.7. The number of aliphatic imine (C=N–C) groups is 1. The van der Waals surface area contributed by atoms with Crippen molar-refractivity contribution in [2.24, 2.45) is 10.9 Å². The van der Waals surface area contributed by atoms with Crippen molar-refractivity contribution in [2.75, 3.05) is 21.3 Å². The molecule has 2 aliphatic rings. The number of amidine groups is 1. The van der Waals surface area contributed by atoms with E-state index in [1.165, 1.54) is 0 Å². The SMILES string of the molecule is COc1cc(OC)c(OC)cc1/C=C1/N=C(C2CC2)NC1=O. The molecule has 3 rings (SSSR count). The summed E-state index contributed by atoms with van der Waals surface area (Å²) >= 11 is 0. The zero-order chi connectivity index (χ0) is 15.7. The largest absolute Gasteiger partial charge is 0.496 e. The van der Waals surface area contributed by atoms with Crippen molar-refractivity contribution in [2.45, 2.75) is 12.8 Å². The lowest BCUT2D eigenvalue weighted by Gasteiger charge is -2.12. The van der Waals surface area contributed by atoms with Crippen LogP contribution in [0.1, 0.15) is 18.4 Å². The van der Waals surface area contributed by atoms with Crippen LogP contribution in [-0.4, -0.2) is 33.1 Å². The van der Waals surface area contributed by atoms with Crippen LogP contribution in [0.5, 0.6) is 17.2 Å². The number of rotatable bonds is 5. The van der Waals surface area contributed by atoms with Gasteiger partial charge in [-0.25, -0.2) is 4.99 Å². The van der Waals surface area contributed by atoms with Crippen molar-refractivity contribution in [1.82, 2.24) is 5.32 Å². The van der Waals surface area contributed by atoms with Gasteiger partial charge in [-0.3, -0.25) is 4.79 Å². The Hall–Kier alpha value is -2.50. The van der Waals surface area contributed by atoms with Crippen molar-refractivity contribution in [3.05, 3.63) is 23.4 Å². The van der Waals surface area contributed by atoms with Crippen LogP contribution in [0.2, 0.25) is 0 Å². The van der Waals surface area contributed by atoms with Gasteiger partial charge in [-0.15, -0.1) is 0 Å². The fourth-order valence-electron chi connectivity index (χ4n) is 2.35. The molecule has 116 valence electrons. The number of hydrogen-bond acceptors (Lipinski definition) is 5. The van der Waals surface area contributed by atoms with E-state index in [9.17, 15) is 4.79 Å². The van der Waals surface area contributed by atoms with E-state index in [1.54, 1.807) is 39.5 Å². The van der Waals surface area contributed by atoms with Crippen LogP contribution < -0.4 is 19.5 Å². The van der Waals surface area contributed by atoms with Gasteiger partial charge in [0, 0.05) is 17.5 Å². The van der Waals surface area contributed by atoms with E-state index in [-0.39, 0.29) is 5.91 Å². The summed E-state index contributed by atoms with van der Waals surface area (Å²) in [5, 5.41) is 2.82. The van der Waals surface area contributed by atoms with Gasteiger partial charge < -0.3 is 19.5 Å². The molecule has 0 spiro atoms. The molecule has 0 atom stereocenters. The lowest BCUT2D eigenvalue weighted by Crippen LogP contribution is -2.25. The first-order valence-electron chi connectivity index (χ1n) is 7.08. The molecule has 0 saturated heterocycles. The molecular formula is C16H18N2O4. The lowest BCUT2D eigenvalue weighted by molar-refractivity contribution is -0.115. The van der Waals surface area contributed by atoms with Crippen LogP contribution in [0.3, 0.4) is 0 Å². The minimum atomic E-state index is -0.182. The van der Waals surface area contributed by atoms with Gasteiger partial charge in [-0.2, -0.15) is 0 Å². The van der Waals surface area contributed by atoms with Crippen molar-refractivity contribution >= 4 is 17.8 Å². The highest BCUT2D eigenvalue weighted by atomic mass is 16.5. The number of amides is 1. The highest BCUT2D eigenvalue weighted by molar-refractivity contribution is 6.15. The van der Waals surface area contributed by atoms with Crippen molar-refractivity contribution in [3.8, 4) is 17.2 Å². The highest BCUT2D eigenvalue weighted by Crippen LogP contribution is 2.37. The Morgan fingerprint density at radius 1 is 1.09 bits per heavy atom. The minimum absolute atomic E-state index is 0.182. The zero-order valence-electron chi connectivity index (χ0n) is 12.8. The number of nitrogens with zero attached hydrogens (tertiary/aromatic N) is 1. The summed E-state index contributed by atoms with van der Waals surface area (Å²) in [7, 11) is 4.69. The molecule has 0 radical (unpaired) electrons. The number of nitrogens with one attached hydrogen (secondary N) is 1. The Kier molecular flexibility index (Phi) is 3.75. The molecule has 6 nitrogen and oxygen atoms in total. The topological polar surface area (TPSA) is 69.2 Å². The quantitative estimate of drug-likeness (QED) is 0.845. The highest BCUT2D eigenvalue weighted by Gasteiger charge is 2.33. The second kappa shape index (κ2) is 5.71. The maximum atomic E-state index is 12.0. The van der Waals surface area contributed by atoms with E-state index >= 15 is 0 Å². The molecule has 1 aromatic rings. The Balaban J connectivity index is 2.00. The first kappa shape index (κ1) is 14.4. The minimum Gasteiger partial charge on any atom is -0.496 e. The smallest absolute Gasteiger partial charge is 0.275 e. The average molecular weight is 302 g/mol. The summed E-state index contributed by atoms with van der Waals surface area (Å²) in [4.78, 5) is 16.4. The number of ether oxygens (including phenoxy) is 3. The Morgan fingerprint density at radius 2 is 1.73 bits per heavy atom. The van der Waals surface area contributed by atoms with Gasteiger partial charge in [0.2, 0.25) is 0 Å². The maximum Gasteiger partial charge on any atom is 0.275 e. The average Bonchev–Trinajstić information content (AvgIpc) is 3.32. The number of carbonyl (C=O) groups excluding carboxylic acids is 1. The fraction of sp³-hybridized carbons (Fsp3) is 0.375. The zero-order valence-corrected chi connectivity index (χ0v) is 12.8. The molecule has 22 heavy (non-hydrogen) atoms. The second-order valence-electron chi connectivity index (χ2n) is 5.20. The van der Waals surface area contributed by atoms with Crippen molar-refractivity contribution in [1.29, 1.82) is 0 Å². The summed E-state index contributed by atoms with van der Waals surface area (Å²) < 4.78 is 15.9. The van der Waals surface area contributed by atoms with Crippen LogP contribution in [-0.2, 0) is 4.79 Å². The van der Waals surface area contributed by atoms with E-state index in [0.717, 1.165) is 18.7 Å². The van der Waals surface area contributed by atoms with E-state index in [4.69, 9.17) is 14.2 Å². The van der Waals surface area contributed by atoms with E-state index in [2.05, 4.69) is 10.3 Å². The van der Waals surface area contributed by atoms with Gasteiger partial charge in [-0.05, 0) is 25.0 Å². The van der Waals surface area contributed by atoms with Crippen LogP contribution in [0.15, 0.2) is 22.8 Å². The molecule has 1 aliphatic carbocycles. The van der Waals surface area contributed by atoms with Gasteiger partial charge >= 0.3 is 0 Å². The Morgan fingerprint density at radius 3 is 2.32 bits per heavy atom. The van der Waals surface area contributed by atoms with Gasteiger partial charge in [0.1, 0.15) is 17.3 Å². The standard InChI is InChI=1S/C16H18N2O4/c1-20-12-8-14(22-3)13(21-2)7-10(12)6-11-16(19)18-15(17-11)9-4-5-9/h6-9H,4-5H2,1-3H3,(H,17,18,19)/b11-6+. The normalized spacial score (nSPS) is 19.0. The van der Waals surface area contributed by atoms with Gasteiger partial charge in [0.15, 0.2) is 11.5 Å². The molecule has 0 unspecified atom stereocenters. The monoisotopic (exact) mass is 302 g/mol. The summed E-state index contributed by atoms with van der Waals surface area (Å²) in [6.45, 7) is 0. The Bertz CT molecular complexity index is 675. The molecule has 0 aromatic heterocycles. The third-order valence-electron chi connectivity index (χ3n) is 3.71. The van der Waals surface area contributed by atoms with Crippen LogP contribution in [0.4, 0.5) is 0 Å². The molecule has 1 saturated carbocycles. The fourth-order valence-corrected chi connectivity index (χ4v) is 2.35. The first-order valence-corrected chi connectivity index (χ1v) is 7.08. The molecule has 1 fully saturated rings. The number of benzene rings is 1. The van der Waals surface area contributed by atoms with Crippen LogP contribution >= 0.6 is 0 Å². The Labute approximate surface area is 128 Å². The van der Waals surface area contributed by atoms with Crippen molar-refractivity contribution < 1.29 is 19.0 Å². The summed E-state index contributed by atoms with van der Waals surface area (Å²) in [6.07, 6.45) is 3.88. The van der Waals surface area contributed by atoms with E-state index in [0.29, 0.717) is 34.4 Å².